The molecule has 7 nitrogen and oxygen atoms in total. The first kappa shape index (κ1) is 6.71. The second kappa shape index (κ2) is 6.48. The molecule has 1 saturated heterocycles. The largest absolute Gasteiger partial charge is 0.354 e. The van der Waals surface area contributed by atoms with Gasteiger partial charge in [-0.1, -0.05) is 6.85 Å². The quantitative estimate of drug-likeness (QED) is 0.867. The Balaban J connectivity index is 2.49. The minimum Gasteiger partial charge on any atom is -0.354 e. The lowest BCUT2D eigenvalue weighted by molar-refractivity contribution is -0.130. The standard InChI is InChI=1S/C17H22N6O/c1-11-5-6-23(15(24)8-18-3)9-14(11)22(4)17-13-7-12(2)21-16(13)19-10-20-17/h7,10-11,14H,5-6,8-9H2,1-2,4H3,(H,19,20,21)/t11-,14+/m1/s1/i1D3,4D3,5D2,6D2,7D,9D2. The molecule has 0 radical (unpaired) electrons. The van der Waals surface area contributed by atoms with Crippen LogP contribution in [0.1, 0.15) is 36.7 Å². The van der Waals surface area contributed by atoms with Gasteiger partial charge in [0.15, 0.2) is 0 Å². The van der Waals surface area contributed by atoms with Crippen LogP contribution in [0.5, 0.6) is 0 Å². The molecule has 126 valence electrons. The van der Waals surface area contributed by atoms with Crippen LogP contribution < -0.4 is 4.90 Å². The van der Waals surface area contributed by atoms with Crippen LogP contribution in [0.4, 0.5) is 5.82 Å². The van der Waals surface area contributed by atoms with Crippen LogP contribution in [0.25, 0.3) is 15.9 Å². The molecule has 1 fully saturated rings. The van der Waals surface area contributed by atoms with Gasteiger partial charge < -0.3 is 19.6 Å². The lowest BCUT2D eigenvalue weighted by Crippen LogP contribution is -2.53. The number of H-pyrrole nitrogens is 1. The van der Waals surface area contributed by atoms with Gasteiger partial charge in [-0.15, -0.1) is 0 Å². The zero-order chi connectivity index (χ0) is 28.5. The van der Waals surface area contributed by atoms with E-state index in [1.54, 1.807) is 0 Å². The van der Waals surface area contributed by atoms with Gasteiger partial charge in [-0.2, -0.15) is 0 Å². The van der Waals surface area contributed by atoms with Crippen molar-refractivity contribution in [1.82, 2.24) is 19.9 Å². The first-order valence-corrected chi connectivity index (χ1v) is 6.89. The van der Waals surface area contributed by atoms with E-state index in [0.717, 1.165) is 6.33 Å². The van der Waals surface area contributed by atoms with Crippen LogP contribution in [0.15, 0.2) is 12.4 Å². The maximum absolute atomic E-state index is 12.8. The van der Waals surface area contributed by atoms with Gasteiger partial charge in [0.05, 0.1) is 15.5 Å². The van der Waals surface area contributed by atoms with E-state index in [1.807, 2.05) is 0 Å². The number of anilines is 1. The summed E-state index contributed by atoms with van der Waals surface area (Å²) in [7, 11) is 0. The van der Waals surface area contributed by atoms with Crippen molar-refractivity contribution in [3.8, 4) is 0 Å². The Morgan fingerprint density at radius 2 is 2.58 bits per heavy atom. The predicted molar refractivity (Wildman–Crippen MR) is 92.6 cm³/mol. The van der Waals surface area contributed by atoms with Crippen LogP contribution in [-0.2, 0) is 4.79 Å². The van der Waals surface area contributed by atoms with Crippen LogP contribution in [-0.4, -0.2) is 58.3 Å². The van der Waals surface area contributed by atoms with Crippen molar-refractivity contribution in [3.63, 3.8) is 0 Å². The minimum absolute atomic E-state index is 0.0390. The summed E-state index contributed by atoms with van der Waals surface area (Å²) < 4.78 is 108. The number of aromatic nitrogens is 3. The number of carbonyl (C=O) groups is 1. The molecule has 0 aromatic carbocycles. The molecule has 3 rings (SSSR count). The number of nitrogens with one attached hydrogen (secondary N) is 1. The Labute approximate surface area is 159 Å². The zero-order valence-electron chi connectivity index (χ0n) is 25.6. The van der Waals surface area contributed by atoms with Gasteiger partial charge in [-0.3, -0.25) is 4.79 Å². The van der Waals surface area contributed by atoms with E-state index in [4.69, 9.17) is 24.4 Å². The number of carbonyl (C=O) groups excluding carboxylic acids is 1. The molecule has 24 heavy (non-hydrogen) atoms. The second-order valence-corrected chi connectivity index (χ2v) is 5.02. The SMILES string of the molecule is [2H]c1c(C)[nH]c2ncnc(N([C@@H]3[C@H](C([2H])([2H])[2H])C([2H])([2H])C([2H])([2H])N(C(=O)C[N+]#[C-])C3([2H])[2H])C([2H])([2H])[2H])c12. The van der Waals surface area contributed by atoms with E-state index >= 15 is 0 Å². The molecule has 3 heterocycles. The summed E-state index contributed by atoms with van der Waals surface area (Å²) >= 11 is 0. The Hall–Kier alpha value is -2.62. The van der Waals surface area contributed by atoms with E-state index in [2.05, 4.69) is 19.8 Å². The maximum Gasteiger partial charge on any atom is 0.302 e. The maximum atomic E-state index is 12.8. The minimum atomic E-state index is -3.61. The second-order valence-electron chi connectivity index (χ2n) is 5.02. The van der Waals surface area contributed by atoms with Gasteiger partial charge in [-0.05, 0) is 25.3 Å². The fourth-order valence-electron chi connectivity index (χ4n) is 2.23. The number of piperidine rings is 1. The molecule has 1 aliphatic heterocycles. The van der Waals surface area contributed by atoms with Crippen molar-refractivity contribution >= 4 is 22.8 Å². The number of hydrogen-bond donors (Lipinski definition) is 1. The van der Waals surface area contributed by atoms with E-state index in [1.165, 1.54) is 6.92 Å². The molecule has 0 unspecified atom stereocenters. The number of hydrogen-bond acceptors (Lipinski definition) is 4. The Kier molecular flexibility index (Phi) is 1.81. The fourth-order valence-corrected chi connectivity index (χ4v) is 2.23. The molecule has 2 aromatic heterocycles. The Morgan fingerprint density at radius 3 is 3.33 bits per heavy atom. The van der Waals surface area contributed by atoms with Crippen molar-refractivity contribution < 1.29 is 22.6 Å². The smallest absolute Gasteiger partial charge is 0.302 e. The summed E-state index contributed by atoms with van der Waals surface area (Å²) in [6.07, 6.45) is -2.68. The van der Waals surface area contributed by atoms with Crippen LogP contribution in [0.3, 0.4) is 0 Å². The molecule has 0 saturated carbocycles. The third kappa shape index (κ3) is 2.92. The zero-order valence-corrected chi connectivity index (χ0v) is 12.6. The highest BCUT2D eigenvalue weighted by Crippen LogP contribution is 2.29. The highest BCUT2D eigenvalue weighted by Gasteiger charge is 2.33. The Bertz CT molecular complexity index is 1260. The van der Waals surface area contributed by atoms with E-state index in [-0.39, 0.29) is 32.6 Å². The molecule has 7 heteroatoms. The highest BCUT2D eigenvalue weighted by atomic mass is 16.2. The molecule has 1 N–H and O–H groups in total. The number of aryl methyl sites for hydroxylation is 1. The first-order valence-electron chi connectivity index (χ1n) is 13.4. The number of fused-ring (bicyclic) bond motifs is 1. The number of likely N-dealkylation sites (tertiary alicyclic amines) is 1. The molecule has 2 atom stereocenters. The summed E-state index contributed by atoms with van der Waals surface area (Å²) in [6.45, 7) is -6.74. The third-order valence-electron chi connectivity index (χ3n) is 3.32. The number of aromatic amines is 1. The molecule has 0 aliphatic carbocycles. The summed E-state index contributed by atoms with van der Waals surface area (Å²) in [5, 5.41) is -0.232. The van der Waals surface area contributed by atoms with Gasteiger partial charge in [0, 0.05) is 39.4 Å². The van der Waals surface area contributed by atoms with E-state index < -0.39 is 63.4 Å². The lowest BCUT2D eigenvalue weighted by Gasteiger charge is -2.41. The van der Waals surface area contributed by atoms with Gasteiger partial charge in [-0.25, -0.2) is 16.5 Å². The van der Waals surface area contributed by atoms with Gasteiger partial charge in [0.2, 0.25) is 0 Å². The number of likely N-dealkylation sites (N-methyl/N-ethyl adjacent to an activating group) is 1. The van der Waals surface area contributed by atoms with Crippen molar-refractivity contribution in [1.29, 1.82) is 0 Å². The molecule has 2 aromatic rings. The normalized spacial score (nSPS) is 36.2. The monoisotopic (exact) mass is 339 g/mol. The summed E-state index contributed by atoms with van der Waals surface area (Å²) in [6, 6.07) is -2.88. The van der Waals surface area contributed by atoms with Gasteiger partial charge >= 0.3 is 5.91 Å². The highest BCUT2D eigenvalue weighted by molar-refractivity contribution is 5.88. The average molecular weight is 339 g/mol. The van der Waals surface area contributed by atoms with E-state index in [0.29, 0.717) is 0 Å². The number of nitrogens with zero attached hydrogens (tertiary/aromatic N) is 5. The molecule has 1 amide bonds. The molecule has 1 aliphatic rings. The average Bonchev–Trinajstić information content (AvgIpc) is 2.98. The number of amides is 1. The van der Waals surface area contributed by atoms with Crippen molar-refractivity contribution in [2.24, 2.45) is 5.92 Å². The van der Waals surface area contributed by atoms with Gasteiger partial charge in [0.25, 0.3) is 6.54 Å². The fraction of sp³-hybridized carbons (Fsp3) is 0.529. The summed E-state index contributed by atoms with van der Waals surface area (Å²) in [5.41, 5.74) is 0.185. The lowest BCUT2D eigenvalue weighted by atomic mass is 9.92. The van der Waals surface area contributed by atoms with E-state index in [9.17, 15) is 4.79 Å². The topological polar surface area (TPSA) is 69.5 Å². The van der Waals surface area contributed by atoms with Crippen LogP contribution in [0, 0.1) is 19.4 Å². The molecular weight excluding hydrogens is 304 g/mol. The predicted octanol–water partition coefficient (Wildman–Crippen LogP) is 1.86. The number of rotatable bonds is 3. The third-order valence-corrected chi connectivity index (χ3v) is 3.32. The first-order chi connectivity index (χ1) is 16.6. The van der Waals surface area contributed by atoms with Crippen molar-refractivity contribution in [2.75, 3.05) is 31.4 Å². The van der Waals surface area contributed by atoms with Crippen LogP contribution >= 0.6 is 0 Å². The summed E-state index contributed by atoms with van der Waals surface area (Å²) in [5.74, 6) is -4.82. The molecule has 0 spiro atoms. The molecular formula is C17H22N6O. The van der Waals surface area contributed by atoms with Crippen molar-refractivity contribution in [2.45, 2.75) is 26.2 Å². The molecule has 0 bridgehead atoms. The van der Waals surface area contributed by atoms with Crippen molar-refractivity contribution in [3.05, 3.63) is 29.5 Å². The van der Waals surface area contributed by atoms with Crippen LogP contribution in [0.2, 0.25) is 0 Å². The summed E-state index contributed by atoms with van der Waals surface area (Å²) in [4.78, 5) is 26.1. The Morgan fingerprint density at radius 1 is 1.71 bits per heavy atom. The van der Waals surface area contributed by atoms with Gasteiger partial charge in [0.1, 0.15) is 17.8 Å².